The maximum absolute atomic E-state index is 12.7. The normalized spacial score (nSPS) is 13.0. The molecule has 1 aromatic carbocycles. The molecule has 0 radical (unpaired) electrons. The van der Waals surface area contributed by atoms with Gasteiger partial charge in [-0.3, -0.25) is 9.89 Å². The highest BCUT2D eigenvalue weighted by Crippen LogP contribution is 2.32. The highest BCUT2D eigenvalue weighted by Gasteiger charge is 2.31. The van der Waals surface area contributed by atoms with Gasteiger partial charge in [0.15, 0.2) is 0 Å². The number of hydrogen-bond acceptors (Lipinski definition) is 2. The summed E-state index contributed by atoms with van der Waals surface area (Å²) in [5, 5.41) is 8.98. The van der Waals surface area contributed by atoms with Crippen LogP contribution in [-0.4, -0.2) is 16.1 Å². The summed E-state index contributed by atoms with van der Waals surface area (Å²) in [7, 11) is 0. The number of carbonyl (C=O) groups excluding carboxylic acids is 1. The van der Waals surface area contributed by atoms with Gasteiger partial charge in [0.05, 0.1) is 23.4 Å². The van der Waals surface area contributed by atoms with E-state index in [4.69, 9.17) is 0 Å². The molecule has 0 aliphatic heterocycles. The number of amides is 1. The van der Waals surface area contributed by atoms with Gasteiger partial charge in [-0.25, -0.2) is 0 Å². The fourth-order valence-corrected chi connectivity index (χ4v) is 2.16. The maximum Gasteiger partial charge on any atom is 0.416 e. The quantitative estimate of drug-likeness (QED) is 0.875. The van der Waals surface area contributed by atoms with Crippen LogP contribution in [0.5, 0.6) is 0 Å². The zero-order valence-electron chi connectivity index (χ0n) is 10.8. The minimum Gasteiger partial charge on any atom is -0.345 e. The van der Waals surface area contributed by atoms with E-state index in [1.165, 1.54) is 12.3 Å². The standard InChI is InChI=1S/C13H11BrF3N3O/c1-7(8-5-18-19-6-8)20-12(21)10-4-9(13(15,16)17)2-3-11(10)14/h2-7H,1H3,(H,18,19)(H,20,21). The van der Waals surface area contributed by atoms with E-state index in [2.05, 4.69) is 31.4 Å². The summed E-state index contributed by atoms with van der Waals surface area (Å²) < 4.78 is 38.4. The minimum absolute atomic E-state index is 0.0693. The molecule has 0 saturated heterocycles. The fraction of sp³-hybridized carbons (Fsp3) is 0.231. The Bertz CT molecular complexity index is 641. The van der Waals surface area contributed by atoms with Crippen LogP contribution in [0.25, 0.3) is 0 Å². The molecule has 0 fully saturated rings. The Labute approximate surface area is 126 Å². The van der Waals surface area contributed by atoms with E-state index in [1.54, 1.807) is 13.1 Å². The summed E-state index contributed by atoms with van der Waals surface area (Å²) in [5.74, 6) is -0.596. The van der Waals surface area contributed by atoms with Gasteiger partial charge in [-0.15, -0.1) is 0 Å². The molecule has 0 bridgehead atoms. The first-order chi connectivity index (χ1) is 9.79. The number of halogens is 4. The van der Waals surface area contributed by atoms with Crippen LogP contribution in [0.15, 0.2) is 35.1 Å². The zero-order valence-corrected chi connectivity index (χ0v) is 12.4. The molecule has 1 amide bonds. The molecule has 2 N–H and O–H groups in total. The zero-order chi connectivity index (χ0) is 15.6. The number of rotatable bonds is 3. The number of benzene rings is 1. The summed E-state index contributed by atoms with van der Waals surface area (Å²) in [6, 6.07) is 2.57. The van der Waals surface area contributed by atoms with Crippen molar-refractivity contribution in [2.75, 3.05) is 0 Å². The van der Waals surface area contributed by atoms with Crippen LogP contribution in [0.1, 0.15) is 34.5 Å². The van der Waals surface area contributed by atoms with Crippen molar-refractivity contribution in [1.82, 2.24) is 15.5 Å². The lowest BCUT2D eigenvalue weighted by atomic mass is 10.1. The van der Waals surface area contributed by atoms with Crippen LogP contribution in [0.4, 0.5) is 13.2 Å². The smallest absolute Gasteiger partial charge is 0.345 e. The Morgan fingerprint density at radius 1 is 1.43 bits per heavy atom. The SMILES string of the molecule is CC(NC(=O)c1cc(C(F)(F)F)ccc1Br)c1cn[nH]c1. The van der Waals surface area contributed by atoms with Gasteiger partial charge in [0.1, 0.15) is 0 Å². The van der Waals surface area contributed by atoms with Crippen LogP contribution in [-0.2, 0) is 6.18 Å². The average Bonchev–Trinajstić information content (AvgIpc) is 2.91. The predicted molar refractivity (Wildman–Crippen MR) is 73.6 cm³/mol. The van der Waals surface area contributed by atoms with Crippen molar-refractivity contribution in [3.8, 4) is 0 Å². The van der Waals surface area contributed by atoms with Crippen molar-refractivity contribution in [3.63, 3.8) is 0 Å². The molecule has 0 spiro atoms. The predicted octanol–water partition coefficient (Wildman–Crippen LogP) is 3.68. The third-order valence-corrected chi connectivity index (χ3v) is 3.60. The molecule has 0 saturated carbocycles. The molecule has 112 valence electrons. The van der Waals surface area contributed by atoms with Gasteiger partial charge < -0.3 is 5.32 Å². The Morgan fingerprint density at radius 3 is 2.71 bits per heavy atom. The molecule has 1 aromatic heterocycles. The van der Waals surface area contributed by atoms with Crippen molar-refractivity contribution in [2.45, 2.75) is 19.1 Å². The Morgan fingerprint density at radius 2 is 2.14 bits per heavy atom. The van der Waals surface area contributed by atoms with E-state index in [1.807, 2.05) is 0 Å². The average molecular weight is 362 g/mol. The molecule has 1 unspecified atom stereocenters. The summed E-state index contributed by atoms with van der Waals surface area (Å²) in [5.41, 5.74) is -0.210. The molecule has 21 heavy (non-hydrogen) atoms. The number of aromatic amines is 1. The van der Waals surface area contributed by atoms with Gasteiger partial charge in [-0.2, -0.15) is 18.3 Å². The molecule has 1 atom stereocenters. The molecule has 2 rings (SSSR count). The molecule has 0 aliphatic rings. The van der Waals surface area contributed by atoms with Crippen molar-refractivity contribution < 1.29 is 18.0 Å². The molecular formula is C13H11BrF3N3O. The number of carbonyl (C=O) groups is 1. The minimum atomic E-state index is -4.49. The lowest BCUT2D eigenvalue weighted by molar-refractivity contribution is -0.137. The van der Waals surface area contributed by atoms with Crippen molar-refractivity contribution >= 4 is 21.8 Å². The molecule has 1 heterocycles. The number of alkyl halides is 3. The second-order valence-corrected chi connectivity index (χ2v) is 5.27. The topological polar surface area (TPSA) is 57.8 Å². The molecule has 8 heteroatoms. The van der Waals surface area contributed by atoms with Crippen LogP contribution in [0, 0.1) is 0 Å². The van der Waals surface area contributed by atoms with Gasteiger partial charge in [-0.1, -0.05) is 0 Å². The van der Waals surface area contributed by atoms with Gasteiger partial charge in [0, 0.05) is 16.2 Å². The van der Waals surface area contributed by atoms with E-state index in [9.17, 15) is 18.0 Å². The summed E-state index contributed by atoms with van der Waals surface area (Å²) in [4.78, 5) is 12.1. The molecule has 2 aromatic rings. The maximum atomic E-state index is 12.7. The monoisotopic (exact) mass is 361 g/mol. The second-order valence-electron chi connectivity index (χ2n) is 4.42. The van der Waals surface area contributed by atoms with Crippen molar-refractivity contribution in [3.05, 3.63) is 51.8 Å². The number of hydrogen-bond donors (Lipinski definition) is 2. The van der Waals surface area contributed by atoms with Crippen LogP contribution in [0.2, 0.25) is 0 Å². The van der Waals surface area contributed by atoms with E-state index in [-0.39, 0.29) is 11.6 Å². The third kappa shape index (κ3) is 3.63. The molecule has 4 nitrogen and oxygen atoms in total. The first-order valence-electron chi connectivity index (χ1n) is 5.95. The van der Waals surface area contributed by atoms with Crippen LogP contribution < -0.4 is 5.32 Å². The third-order valence-electron chi connectivity index (χ3n) is 2.91. The Balaban J connectivity index is 2.23. The lowest BCUT2D eigenvalue weighted by Crippen LogP contribution is -2.27. The highest BCUT2D eigenvalue weighted by molar-refractivity contribution is 9.10. The Hall–Kier alpha value is -1.83. The highest BCUT2D eigenvalue weighted by atomic mass is 79.9. The number of aromatic nitrogens is 2. The molecular weight excluding hydrogens is 351 g/mol. The largest absolute Gasteiger partial charge is 0.416 e. The van der Waals surface area contributed by atoms with Gasteiger partial charge >= 0.3 is 6.18 Å². The van der Waals surface area contributed by atoms with Crippen molar-refractivity contribution in [2.24, 2.45) is 0 Å². The van der Waals surface area contributed by atoms with Gasteiger partial charge in [-0.05, 0) is 41.1 Å². The second kappa shape index (κ2) is 5.88. The summed E-state index contributed by atoms with van der Waals surface area (Å²) in [6.45, 7) is 1.71. The van der Waals surface area contributed by atoms with E-state index in [0.717, 1.165) is 17.7 Å². The van der Waals surface area contributed by atoms with E-state index >= 15 is 0 Å². The fourth-order valence-electron chi connectivity index (χ4n) is 1.73. The first kappa shape index (κ1) is 15.6. The lowest BCUT2D eigenvalue weighted by Gasteiger charge is -2.14. The van der Waals surface area contributed by atoms with Crippen LogP contribution in [0.3, 0.4) is 0 Å². The number of nitrogens with zero attached hydrogens (tertiary/aromatic N) is 1. The first-order valence-corrected chi connectivity index (χ1v) is 6.74. The Kier molecular flexibility index (Phi) is 4.36. The summed E-state index contributed by atoms with van der Waals surface area (Å²) >= 11 is 3.09. The van der Waals surface area contributed by atoms with Crippen molar-refractivity contribution in [1.29, 1.82) is 0 Å². The van der Waals surface area contributed by atoms with Gasteiger partial charge in [0.25, 0.3) is 5.91 Å². The summed E-state index contributed by atoms with van der Waals surface area (Å²) in [6.07, 6.45) is -1.36. The van der Waals surface area contributed by atoms with E-state index in [0.29, 0.717) is 4.47 Å². The molecule has 0 aliphatic carbocycles. The number of nitrogens with one attached hydrogen (secondary N) is 2. The van der Waals surface area contributed by atoms with E-state index < -0.39 is 17.6 Å². The van der Waals surface area contributed by atoms with Gasteiger partial charge in [0.2, 0.25) is 0 Å². The number of H-pyrrole nitrogens is 1. The van der Waals surface area contributed by atoms with Crippen LogP contribution >= 0.6 is 15.9 Å².